The highest BCUT2D eigenvalue weighted by atomic mass is 79.9. The number of nitrogens with zero attached hydrogens (tertiary/aromatic N) is 4. The number of halogens is 1. The second-order valence-electron chi connectivity index (χ2n) is 7.71. The van der Waals surface area contributed by atoms with E-state index in [0.717, 1.165) is 61.4 Å². The van der Waals surface area contributed by atoms with Crippen LogP contribution in [0.4, 0.5) is 0 Å². The molecule has 0 spiro atoms. The number of carbonyl (C=O) groups excluding carboxylic acids is 1. The number of hydrogen-bond donors (Lipinski definition) is 0. The Bertz CT molecular complexity index is 803. The standard InChI is InChI=1S/C21H27BrN4O/c22-18-9-4-3-7-16(18)11-12-20(27)25-13-6-8-17(15-25)21-24-23-19-10-2-1-5-14-26(19)21/h3-4,7,9,17H,1-2,5-6,8,10-15H2. The van der Waals surface area contributed by atoms with Gasteiger partial charge in [-0.2, -0.15) is 0 Å². The molecule has 1 aromatic heterocycles. The topological polar surface area (TPSA) is 51.0 Å². The number of aromatic nitrogens is 3. The predicted molar refractivity (Wildman–Crippen MR) is 109 cm³/mol. The molecule has 1 atom stereocenters. The first-order valence-corrected chi connectivity index (χ1v) is 10.9. The summed E-state index contributed by atoms with van der Waals surface area (Å²) in [6, 6.07) is 8.15. The maximum Gasteiger partial charge on any atom is 0.222 e. The van der Waals surface area contributed by atoms with E-state index in [2.05, 4.69) is 36.8 Å². The maximum absolute atomic E-state index is 12.8. The van der Waals surface area contributed by atoms with Crippen molar-refractivity contribution < 1.29 is 4.79 Å². The number of likely N-dealkylation sites (tertiary alicyclic amines) is 1. The molecule has 6 heteroatoms. The zero-order valence-electron chi connectivity index (χ0n) is 15.7. The van der Waals surface area contributed by atoms with Crippen LogP contribution in [0.15, 0.2) is 28.7 Å². The summed E-state index contributed by atoms with van der Waals surface area (Å²) in [5, 5.41) is 8.98. The highest BCUT2D eigenvalue weighted by Gasteiger charge is 2.29. The molecule has 3 heterocycles. The monoisotopic (exact) mass is 430 g/mol. The van der Waals surface area contributed by atoms with Crippen LogP contribution in [-0.2, 0) is 24.2 Å². The first kappa shape index (κ1) is 18.7. The minimum Gasteiger partial charge on any atom is -0.342 e. The third kappa shape index (κ3) is 4.26. The molecule has 5 nitrogen and oxygen atoms in total. The number of piperidine rings is 1. The van der Waals surface area contributed by atoms with Crippen molar-refractivity contribution in [2.75, 3.05) is 13.1 Å². The molecule has 0 bridgehead atoms. The lowest BCUT2D eigenvalue weighted by Gasteiger charge is -2.32. The summed E-state index contributed by atoms with van der Waals surface area (Å²) >= 11 is 3.58. The summed E-state index contributed by atoms with van der Waals surface area (Å²) < 4.78 is 3.42. The van der Waals surface area contributed by atoms with E-state index in [4.69, 9.17) is 0 Å². The van der Waals surface area contributed by atoms with Crippen molar-refractivity contribution in [1.29, 1.82) is 0 Å². The van der Waals surface area contributed by atoms with Crippen LogP contribution in [0.25, 0.3) is 0 Å². The molecule has 0 radical (unpaired) electrons. The SMILES string of the molecule is O=C(CCc1ccccc1Br)N1CCCC(c2nnc3n2CCCCC3)C1. The summed E-state index contributed by atoms with van der Waals surface area (Å²) in [7, 11) is 0. The Morgan fingerprint density at radius 1 is 1.11 bits per heavy atom. The van der Waals surface area contributed by atoms with Gasteiger partial charge in [-0.3, -0.25) is 4.79 Å². The zero-order valence-corrected chi connectivity index (χ0v) is 17.3. The van der Waals surface area contributed by atoms with Gasteiger partial charge >= 0.3 is 0 Å². The van der Waals surface area contributed by atoms with Crippen molar-refractivity contribution in [2.45, 2.75) is 63.8 Å². The minimum absolute atomic E-state index is 0.256. The lowest BCUT2D eigenvalue weighted by molar-refractivity contribution is -0.132. The molecule has 2 aliphatic heterocycles. The molecule has 27 heavy (non-hydrogen) atoms. The Labute approximate surface area is 169 Å². The van der Waals surface area contributed by atoms with Gasteiger partial charge in [-0.15, -0.1) is 10.2 Å². The molecule has 1 amide bonds. The summed E-state index contributed by atoms with van der Waals surface area (Å²) in [5.41, 5.74) is 1.20. The number of fused-ring (bicyclic) bond motifs is 1. The zero-order chi connectivity index (χ0) is 18.6. The number of rotatable bonds is 4. The van der Waals surface area contributed by atoms with Crippen LogP contribution in [0.3, 0.4) is 0 Å². The van der Waals surface area contributed by atoms with E-state index in [1.54, 1.807) is 0 Å². The van der Waals surface area contributed by atoms with Crippen LogP contribution < -0.4 is 0 Å². The first-order chi connectivity index (χ1) is 13.2. The van der Waals surface area contributed by atoms with E-state index < -0.39 is 0 Å². The van der Waals surface area contributed by atoms with Crippen molar-refractivity contribution in [3.05, 3.63) is 46.0 Å². The number of benzene rings is 1. The van der Waals surface area contributed by atoms with Crippen LogP contribution in [0.5, 0.6) is 0 Å². The average molecular weight is 431 g/mol. The molecule has 1 unspecified atom stereocenters. The number of hydrogen-bond acceptors (Lipinski definition) is 3. The molecular formula is C21H27BrN4O. The Hall–Kier alpha value is -1.69. The van der Waals surface area contributed by atoms with Crippen LogP contribution in [0, 0.1) is 0 Å². The molecule has 0 aliphatic carbocycles. The molecule has 0 N–H and O–H groups in total. The Kier molecular flexibility index (Phi) is 5.91. The minimum atomic E-state index is 0.256. The van der Waals surface area contributed by atoms with Gasteiger partial charge in [0.15, 0.2) is 0 Å². The van der Waals surface area contributed by atoms with Gasteiger partial charge in [0.1, 0.15) is 11.6 Å². The normalized spacial score (nSPS) is 20.2. The summed E-state index contributed by atoms with van der Waals surface area (Å²) in [6.07, 6.45) is 8.22. The summed E-state index contributed by atoms with van der Waals surface area (Å²) in [5.74, 6) is 2.83. The Morgan fingerprint density at radius 2 is 2.00 bits per heavy atom. The van der Waals surface area contributed by atoms with Crippen LogP contribution in [-0.4, -0.2) is 38.7 Å². The molecule has 2 aliphatic rings. The quantitative estimate of drug-likeness (QED) is 0.733. The first-order valence-electron chi connectivity index (χ1n) is 10.2. The van der Waals surface area contributed by atoms with Crippen molar-refractivity contribution in [3.63, 3.8) is 0 Å². The van der Waals surface area contributed by atoms with E-state index in [1.165, 1.54) is 24.8 Å². The number of carbonyl (C=O) groups is 1. The Morgan fingerprint density at radius 3 is 2.89 bits per heavy atom. The maximum atomic E-state index is 12.8. The lowest BCUT2D eigenvalue weighted by atomic mass is 9.96. The van der Waals surface area contributed by atoms with Gasteiger partial charge in [0, 0.05) is 42.9 Å². The third-order valence-corrected chi connectivity index (χ3v) is 6.62. The van der Waals surface area contributed by atoms with Gasteiger partial charge < -0.3 is 9.47 Å². The van der Waals surface area contributed by atoms with Gasteiger partial charge in [0.05, 0.1) is 0 Å². The van der Waals surface area contributed by atoms with Crippen molar-refractivity contribution in [1.82, 2.24) is 19.7 Å². The molecule has 1 aromatic carbocycles. The Balaban J connectivity index is 1.40. The average Bonchev–Trinajstić information content (AvgIpc) is 2.95. The lowest BCUT2D eigenvalue weighted by Crippen LogP contribution is -2.40. The van der Waals surface area contributed by atoms with E-state index in [-0.39, 0.29) is 5.91 Å². The largest absolute Gasteiger partial charge is 0.342 e. The van der Waals surface area contributed by atoms with Crippen molar-refractivity contribution in [3.8, 4) is 0 Å². The smallest absolute Gasteiger partial charge is 0.222 e. The fourth-order valence-electron chi connectivity index (χ4n) is 4.32. The highest BCUT2D eigenvalue weighted by molar-refractivity contribution is 9.10. The second-order valence-corrected chi connectivity index (χ2v) is 8.56. The van der Waals surface area contributed by atoms with Crippen molar-refractivity contribution in [2.24, 2.45) is 0 Å². The second kappa shape index (κ2) is 8.55. The van der Waals surface area contributed by atoms with E-state index >= 15 is 0 Å². The molecular weight excluding hydrogens is 404 g/mol. The molecule has 2 aromatic rings. The molecule has 1 fully saturated rings. The fraction of sp³-hybridized carbons (Fsp3) is 0.571. The van der Waals surface area contributed by atoms with Gasteiger partial charge in [0.2, 0.25) is 5.91 Å². The van der Waals surface area contributed by atoms with Crippen molar-refractivity contribution >= 4 is 21.8 Å². The van der Waals surface area contributed by atoms with E-state index in [0.29, 0.717) is 12.3 Å². The van der Waals surface area contributed by atoms with Gasteiger partial charge in [-0.25, -0.2) is 0 Å². The summed E-state index contributed by atoms with van der Waals surface area (Å²) in [6.45, 7) is 2.68. The van der Waals surface area contributed by atoms with Gasteiger partial charge in [-0.1, -0.05) is 40.5 Å². The molecule has 0 saturated carbocycles. The van der Waals surface area contributed by atoms with Crippen LogP contribution in [0.2, 0.25) is 0 Å². The molecule has 144 valence electrons. The third-order valence-electron chi connectivity index (χ3n) is 5.84. The van der Waals surface area contributed by atoms with Gasteiger partial charge in [0.25, 0.3) is 0 Å². The number of aryl methyl sites for hydroxylation is 2. The number of amides is 1. The highest BCUT2D eigenvalue weighted by Crippen LogP contribution is 2.28. The molecule has 1 saturated heterocycles. The predicted octanol–water partition coefficient (Wildman–Crippen LogP) is 4.11. The van der Waals surface area contributed by atoms with E-state index in [9.17, 15) is 4.79 Å². The van der Waals surface area contributed by atoms with Crippen LogP contribution >= 0.6 is 15.9 Å². The molecule has 4 rings (SSSR count). The van der Waals surface area contributed by atoms with Gasteiger partial charge in [-0.05, 0) is 43.7 Å². The van der Waals surface area contributed by atoms with Crippen LogP contribution in [0.1, 0.15) is 61.7 Å². The fourth-order valence-corrected chi connectivity index (χ4v) is 4.81. The summed E-state index contributed by atoms with van der Waals surface area (Å²) in [4.78, 5) is 14.9. The van der Waals surface area contributed by atoms with E-state index in [1.807, 2.05) is 23.1 Å².